The number of esters is 1. The molecule has 1 aliphatic rings. The molecule has 3 aromatic carbocycles. The fourth-order valence-corrected chi connectivity index (χ4v) is 4.29. The van der Waals surface area contributed by atoms with Gasteiger partial charge in [0.2, 0.25) is 5.91 Å². The number of para-hydroxylation sites is 1. The van der Waals surface area contributed by atoms with Crippen LogP contribution in [0.5, 0.6) is 0 Å². The summed E-state index contributed by atoms with van der Waals surface area (Å²) in [6.45, 7) is 2.43. The summed E-state index contributed by atoms with van der Waals surface area (Å²) in [5, 5.41) is 3.17. The largest absolute Gasteiger partial charge is 0.462 e. The van der Waals surface area contributed by atoms with Gasteiger partial charge in [-0.05, 0) is 61.1 Å². The monoisotopic (exact) mass is 487 g/mol. The third-order valence-corrected chi connectivity index (χ3v) is 6.00. The number of hydrogen-bond acceptors (Lipinski definition) is 5. The molecule has 1 aliphatic heterocycles. The normalized spacial score (nSPS) is 15.3. The van der Waals surface area contributed by atoms with Crippen molar-refractivity contribution in [2.24, 2.45) is 0 Å². The van der Waals surface area contributed by atoms with Crippen LogP contribution in [0.25, 0.3) is 0 Å². The topological polar surface area (TPSA) is 78.9 Å². The highest BCUT2D eigenvalue weighted by Crippen LogP contribution is 2.28. The SMILES string of the molecule is CCOC(=O)c1ccc(NC(=O)CC2C(=O)N(c3ccccc3)C(=S)N2Cc2ccccc2)cc1. The summed E-state index contributed by atoms with van der Waals surface area (Å²) < 4.78 is 4.98. The Balaban J connectivity index is 1.52. The lowest BCUT2D eigenvalue weighted by molar-refractivity contribution is -0.124. The highest BCUT2D eigenvalue weighted by Gasteiger charge is 2.44. The van der Waals surface area contributed by atoms with Gasteiger partial charge < -0.3 is 15.0 Å². The molecule has 0 saturated carbocycles. The Labute approximate surface area is 209 Å². The number of carbonyl (C=O) groups is 3. The zero-order chi connectivity index (χ0) is 24.8. The number of hydrogen-bond donors (Lipinski definition) is 1. The van der Waals surface area contributed by atoms with Gasteiger partial charge in [0.15, 0.2) is 5.11 Å². The first-order valence-electron chi connectivity index (χ1n) is 11.3. The van der Waals surface area contributed by atoms with Crippen LogP contribution in [0.1, 0.15) is 29.3 Å². The van der Waals surface area contributed by atoms with Crippen molar-refractivity contribution in [3.63, 3.8) is 0 Å². The fourth-order valence-electron chi connectivity index (χ4n) is 3.90. The Morgan fingerprint density at radius 2 is 1.57 bits per heavy atom. The summed E-state index contributed by atoms with van der Waals surface area (Å²) in [6.07, 6.45) is -0.0746. The first-order chi connectivity index (χ1) is 17.0. The minimum atomic E-state index is -0.748. The van der Waals surface area contributed by atoms with Crippen LogP contribution >= 0.6 is 12.2 Å². The van der Waals surface area contributed by atoms with Gasteiger partial charge in [-0.2, -0.15) is 0 Å². The van der Waals surface area contributed by atoms with Crippen LogP contribution in [-0.2, 0) is 20.9 Å². The number of anilines is 2. The second-order valence-electron chi connectivity index (χ2n) is 7.97. The van der Waals surface area contributed by atoms with Gasteiger partial charge in [-0.15, -0.1) is 0 Å². The van der Waals surface area contributed by atoms with Crippen LogP contribution in [-0.4, -0.2) is 40.4 Å². The summed E-state index contributed by atoms with van der Waals surface area (Å²) in [7, 11) is 0. The van der Waals surface area contributed by atoms with E-state index in [0.717, 1.165) is 5.56 Å². The standard InChI is InChI=1S/C27H25N3O4S/c1-2-34-26(33)20-13-15-21(16-14-20)28-24(31)17-23-25(32)30(22-11-7-4-8-12-22)27(35)29(23)18-19-9-5-3-6-10-19/h3-16,23H,2,17-18H2,1H3,(H,28,31). The fraction of sp³-hybridized carbons (Fsp3) is 0.185. The molecule has 0 bridgehead atoms. The van der Waals surface area contributed by atoms with Crippen molar-refractivity contribution in [3.05, 3.63) is 96.1 Å². The Morgan fingerprint density at radius 3 is 2.20 bits per heavy atom. The van der Waals surface area contributed by atoms with Crippen molar-refractivity contribution in [2.45, 2.75) is 25.9 Å². The lowest BCUT2D eigenvalue weighted by atomic mass is 10.1. The van der Waals surface area contributed by atoms with Crippen LogP contribution in [0, 0.1) is 0 Å². The minimum Gasteiger partial charge on any atom is -0.462 e. The predicted molar refractivity (Wildman–Crippen MR) is 138 cm³/mol. The molecular weight excluding hydrogens is 462 g/mol. The van der Waals surface area contributed by atoms with Crippen molar-refractivity contribution in [1.29, 1.82) is 0 Å². The van der Waals surface area contributed by atoms with Crippen molar-refractivity contribution in [1.82, 2.24) is 4.90 Å². The molecule has 0 spiro atoms. The maximum atomic E-state index is 13.5. The average Bonchev–Trinajstić information content (AvgIpc) is 3.09. The van der Waals surface area contributed by atoms with Crippen molar-refractivity contribution in [2.75, 3.05) is 16.8 Å². The van der Waals surface area contributed by atoms with E-state index in [2.05, 4.69) is 5.32 Å². The molecule has 1 fully saturated rings. The maximum Gasteiger partial charge on any atom is 0.338 e. The third-order valence-electron chi connectivity index (χ3n) is 5.59. The van der Waals surface area contributed by atoms with Gasteiger partial charge in [0.05, 0.1) is 24.3 Å². The molecule has 1 atom stereocenters. The van der Waals surface area contributed by atoms with Gasteiger partial charge in [0, 0.05) is 12.2 Å². The molecule has 3 aromatic rings. The molecule has 7 nitrogen and oxygen atoms in total. The number of nitrogens with one attached hydrogen (secondary N) is 1. The molecule has 0 radical (unpaired) electrons. The molecule has 0 aromatic heterocycles. The Kier molecular flexibility index (Phi) is 7.52. The lowest BCUT2D eigenvalue weighted by Crippen LogP contribution is -2.37. The van der Waals surface area contributed by atoms with Crippen LogP contribution in [0.3, 0.4) is 0 Å². The molecule has 1 saturated heterocycles. The van der Waals surface area contributed by atoms with Gasteiger partial charge in [-0.25, -0.2) is 4.79 Å². The van der Waals surface area contributed by atoms with Crippen molar-refractivity contribution >= 4 is 46.5 Å². The smallest absolute Gasteiger partial charge is 0.338 e. The lowest BCUT2D eigenvalue weighted by Gasteiger charge is -2.24. The van der Waals surface area contributed by atoms with Crippen LogP contribution in [0.15, 0.2) is 84.9 Å². The Morgan fingerprint density at radius 1 is 0.943 bits per heavy atom. The molecule has 0 aliphatic carbocycles. The number of thiocarbonyl (C=S) groups is 1. The number of carbonyl (C=O) groups excluding carboxylic acids is 3. The van der Waals surface area contributed by atoms with Crippen LogP contribution in [0.2, 0.25) is 0 Å². The van der Waals surface area contributed by atoms with E-state index in [1.807, 2.05) is 60.7 Å². The van der Waals surface area contributed by atoms with E-state index < -0.39 is 12.0 Å². The third kappa shape index (κ3) is 5.55. The van der Waals surface area contributed by atoms with E-state index in [4.69, 9.17) is 17.0 Å². The highest BCUT2D eigenvalue weighted by molar-refractivity contribution is 7.80. The molecule has 1 heterocycles. The molecule has 35 heavy (non-hydrogen) atoms. The van der Waals surface area contributed by atoms with Crippen LogP contribution < -0.4 is 10.2 Å². The number of nitrogens with zero attached hydrogens (tertiary/aromatic N) is 2. The number of amides is 2. The van der Waals surface area contributed by atoms with Gasteiger partial charge in [0.1, 0.15) is 6.04 Å². The number of ether oxygens (including phenoxy) is 1. The van der Waals surface area contributed by atoms with E-state index in [1.165, 1.54) is 4.90 Å². The zero-order valence-electron chi connectivity index (χ0n) is 19.2. The summed E-state index contributed by atoms with van der Waals surface area (Å²) >= 11 is 5.70. The molecule has 4 rings (SSSR count). The van der Waals surface area contributed by atoms with E-state index in [-0.39, 0.29) is 24.8 Å². The van der Waals surface area contributed by atoms with E-state index in [0.29, 0.717) is 28.6 Å². The minimum absolute atomic E-state index is 0.0746. The average molecular weight is 488 g/mol. The van der Waals surface area contributed by atoms with Gasteiger partial charge in [-0.3, -0.25) is 14.5 Å². The van der Waals surface area contributed by atoms with Crippen molar-refractivity contribution < 1.29 is 19.1 Å². The summed E-state index contributed by atoms with van der Waals surface area (Å²) in [6, 6.07) is 24.5. The molecular formula is C27H25N3O4S. The first-order valence-corrected chi connectivity index (χ1v) is 11.7. The first kappa shape index (κ1) is 24.1. The summed E-state index contributed by atoms with van der Waals surface area (Å²) in [5.41, 5.74) is 2.56. The number of rotatable bonds is 8. The van der Waals surface area contributed by atoms with Crippen molar-refractivity contribution in [3.8, 4) is 0 Å². The second-order valence-corrected chi connectivity index (χ2v) is 8.34. The van der Waals surface area contributed by atoms with Gasteiger partial charge in [0.25, 0.3) is 5.91 Å². The molecule has 1 N–H and O–H groups in total. The Hall–Kier alpha value is -4.04. The molecule has 8 heteroatoms. The number of benzene rings is 3. The predicted octanol–water partition coefficient (Wildman–Crippen LogP) is 4.39. The summed E-state index contributed by atoms with van der Waals surface area (Å²) in [4.78, 5) is 41.5. The van der Waals surface area contributed by atoms with Crippen LogP contribution in [0.4, 0.5) is 11.4 Å². The van der Waals surface area contributed by atoms with E-state index in [1.54, 1.807) is 36.1 Å². The highest BCUT2D eigenvalue weighted by atomic mass is 32.1. The Bertz CT molecular complexity index is 1220. The van der Waals surface area contributed by atoms with E-state index in [9.17, 15) is 14.4 Å². The maximum absolute atomic E-state index is 13.5. The molecule has 2 amide bonds. The van der Waals surface area contributed by atoms with Gasteiger partial charge >= 0.3 is 5.97 Å². The van der Waals surface area contributed by atoms with Gasteiger partial charge in [-0.1, -0.05) is 48.5 Å². The molecule has 1 unspecified atom stereocenters. The quantitative estimate of drug-likeness (QED) is 0.375. The zero-order valence-corrected chi connectivity index (χ0v) is 20.0. The summed E-state index contributed by atoms with van der Waals surface area (Å²) in [5.74, 6) is -0.999. The molecule has 178 valence electrons. The van der Waals surface area contributed by atoms with E-state index >= 15 is 0 Å². The second kappa shape index (κ2) is 10.9.